The van der Waals surface area contributed by atoms with Crippen molar-refractivity contribution in [1.29, 1.82) is 0 Å². The van der Waals surface area contributed by atoms with Crippen LogP contribution in [0.2, 0.25) is 0 Å². The number of nitrogens with one attached hydrogen (secondary N) is 1. The Labute approximate surface area is 129 Å². The van der Waals surface area contributed by atoms with Crippen molar-refractivity contribution < 1.29 is 37.0 Å². The average molecular weight is 333 g/mol. The number of hydrogen-bond acceptors (Lipinski definition) is 5. The van der Waals surface area contributed by atoms with E-state index >= 15 is 0 Å². The average Bonchev–Trinajstić information content (AvgIpc) is 2.51. The van der Waals surface area contributed by atoms with E-state index in [4.69, 9.17) is 0 Å². The van der Waals surface area contributed by atoms with Gasteiger partial charge < -0.3 is 14.8 Å². The van der Waals surface area contributed by atoms with Crippen LogP contribution in [0.4, 0.5) is 13.2 Å². The van der Waals surface area contributed by atoms with Crippen LogP contribution in [-0.4, -0.2) is 37.2 Å². The van der Waals surface area contributed by atoms with Crippen molar-refractivity contribution in [2.75, 3.05) is 7.11 Å². The first kappa shape index (κ1) is 18.5. The first-order valence-electron chi connectivity index (χ1n) is 6.37. The minimum absolute atomic E-state index is 0.0275. The summed E-state index contributed by atoms with van der Waals surface area (Å²) in [5.41, 5.74) is 0.0275. The van der Waals surface area contributed by atoms with Gasteiger partial charge in [0.05, 0.1) is 7.11 Å². The van der Waals surface area contributed by atoms with Crippen molar-refractivity contribution >= 4 is 17.8 Å². The fourth-order valence-corrected chi connectivity index (χ4v) is 1.60. The number of benzene rings is 1. The number of methoxy groups -OCH3 is 1. The minimum atomic E-state index is -5.25. The van der Waals surface area contributed by atoms with Gasteiger partial charge in [-0.3, -0.25) is 4.79 Å². The van der Waals surface area contributed by atoms with Crippen LogP contribution < -0.4 is 5.32 Å². The van der Waals surface area contributed by atoms with E-state index in [1.807, 2.05) is 0 Å². The number of hydrogen-bond donors (Lipinski definition) is 1. The zero-order chi connectivity index (χ0) is 17.6. The van der Waals surface area contributed by atoms with Crippen LogP contribution in [-0.2, 0) is 23.9 Å². The van der Waals surface area contributed by atoms with E-state index in [1.54, 1.807) is 6.07 Å². The largest absolute Gasteiger partial charge is 0.490 e. The Bertz CT molecular complexity index is 574. The molecule has 23 heavy (non-hydrogen) atoms. The predicted molar refractivity (Wildman–Crippen MR) is 71.0 cm³/mol. The minimum Gasteiger partial charge on any atom is -0.467 e. The molecule has 0 heterocycles. The Morgan fingerprint density at radius 1 is 1.13 bits per heavy atom. The molecule has 0 spiro atoms. The molecule has 0 aliphatic heterocycles. The lowest BCUT2D eigenvalue weighted by Crippen LogP contribution is -2.43. The molecule has 0 saturated carbocycles. The standard InChI is InChI=1S/C14H14F3NO5/c1-8(12(20)22-2)18-11(19)10(9-6-4-3-5-7-9)23-13(21)14(15,16)17/h3-8,10H,1-2H3,(H,18,19)/t8-,10+/m0/s1. The third-order valence-corrected chi connectivity index (χ3v) is 2.71. The van der Waals surface area contributed by atoms with E-state index in [0.717, 1.165) is 7.11 Å². The van der Waals surface area contributed by atoms with Crippen LogP contribution in [0.5, 0.6) is 0 Å². The predicted octanol–water partition coefficient (Wildman–Crippen LogP) is 1.51. The molecule has 0 aliphatic carbocycles. The van der Waals surface area contributed by atoms with Crippen LogP contribution in [0, 0.1) is 0 Å². The molecule has 0 bridgehead atoms. The Balaban J connectivity index is 2.98. The topological polar surface area (TPSA) is 81.7 Å². The van der Waals surface area contributed by atoms with Gasteiger partial charge in [-0.05, 0) is 6.92 Å². The van der Waals surface area contributed by atoms with Gasteiger partial charge in [0.25, 0.3) is 5.91 Å². The van der Waals surface area contributed by atoms with E-state index in [1.165, 1.54) is 31.2 Å². The lowest BCUT2D eigenvalue weighted by Gasteiger charge is -2.20. The third kappa shape index (κ3) is 5.28. The zero-order valence-corrected chi connectivity index (χ0v) is 12.2. The molecule has 126 valence electrons. The number of carbonyl (C=O) groups is 3. The van der Waals surface area contributed by atoms with Crippen molar-refractivity contribution in [3.8, 4) is 0 Å². The number of carbonyl (C=O) groups excluding carboxylic acids is 3. The quantitative estimate of drug-likeness (QED) is 0.826. The molecule has 1 aromatic carbocycles. The molecule has 0 radical (unpaired) electrons. The van der Waals surface area contributed by atoms with Crippen LogP contribution in [0.15, 0.2) is 30.3 Å². The lowest BCUT2D eigenvalue weighted by molar-refractivity contribution is -0.205. The summed E-state index contributed by atoms with van der Waals surface area (Å²) in [4.78, 5) is 34.3. The van der Waals surface area contributed by atoms with Gasteiger partial charge in [-0.25, -0.2) is 9.59 Å². The van der Waals surface area contributed by atoms with Crippen LogP contribution in [0.25, 0.3) is 0 Å². The fourth-order valence-electron chi connectivity index (χ4n) is 1.60. The Morgan fingerprint density at radius 2 is 1.70 bits per heavy atom. The van der Waals surface area contributed by atoms with Crippen LogP contribution in [0.3, 0.4) is 0 Å². The highest BCUT2D eigenvalue weighted by Gasteiger charge is 2.44. The van der Waals surface area contributed by atoms with Crippen molar-refractivity contribution in [1.82, 2.24) is 5.32 Å². The van der Waals surface area contributed by atoms with E-state index in [9.17, 15) is 27.6 Å². The molecule has 0 aromatic heterocycles. The fraction of sp³-hybridized carbons (Fsp3) is 0.357. The van der Waals surface area contributed by atoms with Crippen molar-refractivity contribution in [3.63, 3.8) is 0 Å². The van der Waals surface area contributed by atoms with Gasteiger partial charge >= 0.3 is 18.1 Å². The van der Waals surface area contributed by atoms with Crippen LogP contribution >= 0.6 is 0 Å². The Kier molecular flexibility index (Phi) is 6.11. The zero-order valence-electron chi connectivity index (χ0n) is 12.2. The molecule has 0 fully saturated rings. The smallest absolute Gasteiger partial charge is 0.467 e. The molecule has 1 aromatic rings. The van der Waals surface area contributed by atoms with E-state index in [-0.39, 0.29) is 5.56 Å². The maximum absolute atomic E-state index is 12.4. The molecule has 1 N–H and O–H groups in total. The van der Waals surface area contributed by atoms with Crippen LogP contribution in [0.1, 0.15) is 18.6 Å². The van der Waals surface area contributed by atoms with Crippen molar-refractivity contribution in [2.24, 2.45) is 0 Å². The summed E-state index contributed by atoms with van der Waals surface area (Å²) in [6.07, 6.45) is -7.10. The second kappa shape index (κ2) is 7.61. The van der Waals surface area contributed by atoms with Gasteiger partial charge in [0.15, 0.2) is 0 Å². The van der Waals surface area contributed by atoms with Gasteiger partial charge in [0.1, 0.15) is 6.04 Å². The highest BCUT2D eigenvalue weighted by atomic mass is 19.4. The van der Waals surface area contributed by atoms with Gasteiger partial charge in [-0.15, -0.1) is 0 Å². The molecule has 0 saturated heterocycles. The number of esters is 2. The molecule has 1 amide bonds. The molecular weight excluding hydrogens is 319 g/mol. The molecule has 1 rings (SSSR count). The van der Waals surface area contributed by atoms with Crippen molar-refractivity contribution in [2.45, 2.75) is 25.2 Å². The number of rotatable bonds is 5. The number of halogens is 3. The Hall–Kier alpha value is -2.58. The van der Waals surface area contributed by atoms with Gasteiger partial charge in [-0.1, -0.05) is 30.3 Å². The summed E-state index contributed by atoms with van der Waals surface area (Å²) in [7, 11) is 1.09. The number of ether oxygens (including phenoxy) is 2. The summed E-state index contributed by atoms with van der Waals surface area (Å²) in [5.74, 6) is -4.38. The maximum Gasteiger partial charge on any atom is 0.490 e. The summed E-state index contributed by atoms with van der Waals surface area (Å²) in [6, 6.07) is 6.00. The van der Waals surface area contributed by atoms with Gasteiger partial charge in [0, 0.05) is 5.56 Å². The monoisotopic (exact) mass is 333 g/mol. The van der Waals surface area contributed by atoms with Crippen molar-refractivity contribution in [3.05, 3.63) is 35.9 Å². The molecular formula is C14H14F3NO5. The maximum atomic E-state index is 12.4. The molecule has 2 atom stereocenters. The van der Waals surface area contributed by atoms with Gasteiger partial charge in [-0.2, -0.15) is 13.2 Å². The van der Waals surface area contributed by atoms with E-state index < -0.39 is 36.2 Å². The molecule has 0 aliphatic rings. The summed E-state index contributed by atoms with van der Waals surface area (Å²) in [6.45, 7) is 1.28. The Morgan fingerprint density at radius 3 is 2.17 bits per heavy atom. The molecule has 0 unspecified atom stereocenters. The summed E-state index contributed by atoms with van der Waals surface area (Å²) >= 11 is 0. The SMILES string of the molecule is COC(=O)[C@H](C)NC(=O)[C@H](OC(=O)C(F)(F)F)c1ccccc1. The number of amides is 1. The summed E-state index contributed by atoms with van der Waals surface area (Å²) in [5, 5.41) is 2.13. The highest BCUT2D eigenvalue weighted by Crippen LogP contribution is 2.24. The van der Waals surface area contributed by atoms with E-state index in [0.29, 0.717) is 0 Å². The number of alkyl halides is 3. The first-order chi connectivity index (χ1) is 10.7. The normalized spacial score (nSPS) is 13.6. The molecule has 9 heteroatoms. The lowest BCUT2D eigenvalue weighted by atomic mass is 10.1. The van der Waals surface area contributed by atoms with Gasteiger partial charge in [0.2, 0.25) is 6.10 Å². The highest BCUT2D eigenvalue weighted by molar-refractivity contribution is 5.89. The second-order valence-corrected chi connectivity index (χ2v) is 4.45. The molecule has 6 nitrogen and oxygen atoms in total. The first-order valence-corrected chi connectivity index (χ1v) is 6.37. The van der Waals surface area contributed by atoms with E-state index in [2.05, 4.69) is 14.8 Å². The summed E-state index contributed by atoms with van der Waals surface area (Å²) < 4.78 is 45.7. The second-order valence-electron chi connectivity index (χ2n) is 4.45. The third-order valence-electron chi connectivity index (χ3n) is 2.71.